The number of hydrogen-bond donors (Lipinski definition) is 2. The Kier molecular flexibility index (Phi) is 5.79. The van der Waals surface area contributed by atoms with Crippen LogP contribution >= 0.6 is 0 Å². The summed E-state index contributed by atoms with van der Waals surface area (Å²) in [4.78, 5) is 0. The molecule has 2 heteroatoms. The molecule has 1 aromatic carbocycles. The van der Waals surface area contributed by atoms with E-state index in [0.717, 1.165) is 36.8 Å². The summed E-state index contributed by atoms with van der Waals surface area (Å²) in [6, 6.07) is 3.67. The first-order chi connectivity index (χ1) is 11.3. The molecule has 0 amide bonds. The number of aryl methyl sites for hydroxylation is 1. The summed E-state index contributed by atoms with van der Waals surface area (Å²) < 4.78 is 0. The highest BCUT2D eigenvalue weighted by Crippen LogP contribution is 2.53. The molecule has 0 saturated heterocycles. The normalized spacial score (nSPS) is 23.8. The second-order valence-corrected chi connectivity index (χ2v) is 7.69. The molecule has 0 fully saturated rings. The SMILES string of the molecule is C=C(C)[C@]1(C)CCC(C)=C[C@H]1c1c(O)cc(CCCCC)cc1O. The van der Waals surface area contributed by atoms with E-state index in [1.807, 2.05) is 12.1 Å². The Morgan fingerprint density at radius 2 is 1.88 bits per heavy atom. The minimum Gasteiger partial charge on any atom is -0.507 e. The van der Waals surface area contributed by atoms with Gasteiger partial charge in [-0.15, -0.1) is 0 Å². The van der Waals surface area contributed by atoms with Crippen LogP contribution in [-0.4, -0.2) is 10.2 Å². The van der Waals surface area contributed by atoms with E-state index in [-0.39, 0.29) is 22.8 Å². The molecular formula is C22H32O2. The number of rotatable bonds is 6. The molecule has 0 heterocycles. The average molecular weight is 328 g/mol. The highest BCUT2D eigenvalue weighted by molar-refractivity contribution is 5.52. The maximum Gasteiger partial charge on any atom is 0.123 e. The Morgan fingerprint density at radius 3 is 2.42 bits per heavy atom. The van der Waals surface area contributed by atoms with Crippen molar-refractivity contribution in [1.82, 2.24) is 0 Å². The highest BCUT2D eigenvalue weighted by atomic mass is 16.3. The minimum absolute atomic E-state index is 0.0339. The lowest BCUT2D eigenvalue weighted by Crippen LogP contribution is -2.29. The second-order valence-electron chi connectivity index (χ2n) is 7.69. The van der Waals surface area contributed by atoms with E-state index in [2.05, 4.69) is 40.3 Å². The summed E-state index contributed by atoms with van der Waals surface area (Å²) >= 11 is 0. The smallest absolute Gasteiger partial charge is 0.123 e. The first kappa shape index (κ1) is 18.6. The molecule has 132 valence electrons. The molecule has 1 aromatic rings. The third kappa shape index (κ3) is 3.68. The summed E-state index contributed by atoms with van der Waals surface area (Å²) in [5.41, 5.74) is 3.93. The van der Waals surface area contributed by atoms with Crippen LogP contribution in [0, 0.1) is 5.41 Å². The molecule has 2 N–H and O–H groups in total. The fraction of sp³-hybridized carbons (Fsp3) is 0.545. The van der Waals surface area contributed by atoms with Gasteiger partial charge < -0.3 is 10.2 Å². The molecule has 2 rings (SSSR count). The number of hydrogen-bond acceptors (Lipinski definition) is 2. The molecule has 2 nitrogen and oxygen atoms in total. The van der Waals surface area contributed by atoms with Crippen LogP contribution in [0.4, 0.5) is 0 Å². The molecule has 0 aromatic heterocycles. The number of aromatic hydroxyl groups is 2. The lowest BCUT2D eigenvalue weighted by molar-refractivity contribution is 0.296. The molecule has 24 heavy (non-hydrogen) atoms. The molecule has 1 aliphatic carbocycles. The van der Waals surface area contributed by atoms with E-state index < -0.39 is 0 Å². The third-order valence-electron chi connectivity index (χ3n) is 5.73. The largest absolute Gasteiger partial charge is 0.507 e. The number of phenolic OH excluding ortho intramolecular Hbond substituents is 2. The van der Waals surface area contributed by atoms with Gasteiger partial charge in [-0.1, -0.05) is 50.5 Å². The van der Waals surface area contributed by atoms with Crippen LogP contribution in [0.25, 0.3) is 0 Å². The van der Waals surface area contributed by atoms with Gasteiger partial charge in [0.2, 0.25) is 0 Å². The van der Waals surface area contributed by atoms with Crippen LogP contribution in [0.15, 0.2) is 35.9 Å². The Balaban J connectivity index is 2.42. The van der Waals surface area contributed by atoms with Gasteiger partial charge in [0.1, 0.15) is 11.5 Å². The molecule has 2 atom stereocenters. The van der Waals surface area contributed by atoms with Crippen LogP contribution < -0.4 is 0 Å². The summed E-state index contributed by atoms with van der Waals surface area (Å²) in [6.45, 7) is 12.7. The Bertz CT molecular complexity index is 618. The number of allylic oxidation sites excluding steroid dienone is 3. The van der Waals surface area contributed by atoms with Gasteiger partial charge in [-0.2, -0.15) is 0 Å². The molecule has 0 radical (unpaired) electrons. The van der Waals surface area contributed by atoms with E-state index >= 15 is 0 Å². The zero-order valence-corrected chi connectivity index (χ0v) is 15.7. The van der Waals surface area contributed by atoms with E-state index in [4.69, 9.17) is 0 Å². The van der Waals surface area contributed by atoms with Crippen molar-refractivity contribution in [1.29, 1.82) is 0 Å². The van der Waals surface area contributed by atoms with Crippen LogP contribution in [0.5, 0.6) is 11.5 Å². The third-order valence-corrected chi connectivity index (χ3v) is 5.73. The first-order valence-electron chi connectivity index (χ1n) is 9.17. The fourth-order valence-electron chi connectivity index (χ4n) is 3.77. The van der Waals surface area contributed by atoms with Crippen molar-refractivity contribution in [2.45, 2.75) is 72.1 Å². The molecular weight excluding hydrogens is 296 g/mol. The van der Waals surface area contributed by atoms with Crippen molar-refractivity contribution < 1.29 is 10.2 Å². The fourth-order valence-corrected chi connectivity index (χ4v) is 3.77. The van der Waals surface area contributed by atoms with Crippen LogP contribution in [0.3, 0.4) is 0 Å². The van der Waals surface area contributed by atoms with Gasteiger partial charge in [-0.25, -0.2) is 0 Å². The predicted molar refractivity (Wildman–Crippen MR) is 102 cm³/mol. The Hall–Kier alpha value is -1.70. The minimum atomic E-state index is -0.141. The van der Waals surface area contributed by atoms with Crippen molar-refractivity contribution in [2.24, 2.45) is 5.41 Å². The van der Waals surface area contributed by atoms with E-state index in [1.54, 1.807) is 0 Å². The maximum atomic E-state index is 10.7. The van der Waals surface area contributed by atoms with E-state index in [9.17, 15) is 10.2 Å². The second kappa shape index (κ2) is 7.46. The lowest BCUT2D eigenvalue weighted by atomic mass is 9.63. The molecule has 0 spiro atoms. The lowest BCUT2D eigenvalue weighted by Gasteiger charge is -2.41. The van der Waals surface area contributed by atoms with E-state index in [1.165, 1.54) is 18.4 Å². The van der Waals surface area contributed by atoms with Gasteiger partial charge in [-0.05, 0) is 62.6 Å². The molecule has 0 bridgehead atoms. The molecule has 0 aliphatic heterocycles. The Morgan fingerprint density at radius 1 is 1.25 bits per heavy atom. The summed E-state index contributed by atoms with van der Waals surface area (Å²) in [6.07, 6.45) is 8.54. The van der Waals surface area contributed by atoms with Crippen molar-refractivity contribution >= 4 is 0 Å². The van der Waals surface area contributed by atoms with Gasteiger partial charge in [0.15, 0.2) is 0 Å². The van der Waals surface area contributed by atoms with Crippen molar-refractivity contribution in [3.63, 3.8) is 0 Å². The number of phenols is 2. The maximum absolute atomic E-state index is 10.7. The van der Waals surface area contributed by atoms with Crippen LogP contribution in [0.2, 0.25) is 0 Å². The van der Waals surface area contributed by atoms with E-state index in [0.29, 0.717) is 5.56 Å². The van der Waals surface area contributed by atoms with Gasteiger partial charge in [-0.3, -0.25) is 0 Å². The topological polar surface area (TPSA) is 40.5 Å². The zero-order chi connectivity index (χ0) is 17.9. The molecule has 1 aliphatic rings. The Labute approximate surface area is 146 Å². The highest BCUT2D eigenvalue weighted by Gasteiger charge is 2.39. The van der Waals surface area contributed by atoms with Gasteiger partial charge >= 0.3 is 0 Å². The molecule has 0 saturated carbocycles. The quantitative estimate of drug-likeness (QED) is 0.479. The van der Waals surface area contributed by atoms with Crippen LogP contribution in [-0.2, 0) is 6.42 Å². The van der Waals surface area contributed by atoms with Crippen molar-refractivity contribution in [3.05, 3.63) is 47.1 Å². The number of unbranched alkanes of at least 4 members (excludes halogenated alkanes) is 2. The first-order valence-corrected chi connectivity index (χ1v) is 9.17. The predicted octanol–water partition coefficient (Wildman–Crippen LogP) is 6.24. The summed E-state index contributed by atoms with van der Waals surface area (Å²) in [5.74, 6) is 0.392. The summed E-state index contributed by atoms with van der Waals surface area (Å²) in [7, 11) is 0. The van der Waals surface area contributed by atoms with Crippen molar-refractivity contribution in [3.8, 4) is 11.5 Å². The van der Waals surface area contributed by atoms with Crippen LogP contribution in [0.1, 0.15) is 76.8 Å². The monoisotopic (exact) mass is 328 g/mol. The number of benzene rings is 1. The summed E-state index contributed by atoms with van der Waals surface area (Å²) in [5, 5.41) is 21.3. The van der Waals surface area contributed by atoms with Gasteiger partial charge in [0.05, 0.1) is 0 Å². The zero-order valence-electron chi connectivity index (χ0n) is 15.7. The average Bonchev–Trinajstić information content (AvgIpc) is 2.50. The van der Waals surface area contributed by atoms with Gasteiger partial charge in [0, 0.05) is 11.5 Å². The standard InChI is InChI=1S/C22H32O2/c1-6-7-8-9-17-13-19(23)21(20(24)14-17)18-12-16(4)10-11-22(18,5)15(2)3/h12-14,18,23-24H,2,6-11H2,1,3-5H3/t18-,22-/m0/s1. The molecule has 0 unspecified atom stereocenters. The van der Waals surface area contributed by atoms with Crippen molar-refractivity contribution in [2.75, 3.05) is 0 Å². The van der Waals surface area contributed by atoms with Gasteiger partial charge in [0.25, 0.3) is 0 Å².